The van der Waals surface area contributed by atoms with Crippen molar-refractivity contribution in [2.75, 3.05) is 24.6 Å². The molecule has 7 heteroatoms. The molecule has 0 unspecified atom stereocenters. The van der Waals surface area contributed by atoms with Crippen LogP contribution in [0.25, 0.3) is 0 Å². The van der Waals surface area contributed by atoms with Gasteiger partial charge in [0.15, 0.2) is 0 Å². The van der Waals surface area contributed by atoms with Crippen molar-refractivity contribution in [3.63, 3.8) is 0 Å². The number of ether oxygens (including phenoxy) is 1. The van der Waals surface area contributed by atoms with E-state index < -0.39 is 10.0 Å². The summed E-state index contributed by atoms with van der Waals surface area (Å²) in [5.41, 5.74) is 6.15. The number of methoxy groups -OCH3 is 1. The molecule has 2 heterocycles. The molecule has 0 aliphatic carbocycles. The fraction of sp³-hybridized carbons (Fsp3) is 0.421. The smallest absolute Gasteiger partial charge is 0.229 e. The maximum atomic E-state index is 11.6. The second-order valence-electron chi connectivity index (χ2n) is 6.85. The molecule has 0 amide bonds. The minimum absolute atomic E-state index is 0.681. The van der Waals surface area contributed by atoms with E-state index in [1.54, 1.807) is 7.11 Å². The van der Waals surface area contributed by atoms with Gasteiger partial charge in [-0.2, -0.15) is 0 Å². The average Bonchev–Trinajstić information content (AvgIpc) is 2.55. The topological polar surface area (TPSA) is 71.5 Å². The molecule has 1 aromatic carbocycles. The number of rotatable bonds is 5. The SMILES string of the molecule is COc1nc(C)cc(C)c1CN1CCc2c(cccc2NS(C)(=O)=O)C1. The molecule has 26 heavy (non-hydrogen) atoms. The Morgan fingerprint density at radius 3 is 2.77 bits per heavy atom. The van der Waals surface area contributed by atoms with Gasteiger partial charge in [0.05, 0.1) is 19.1 Å². The van der Waals surface area contributed by atoms with E-state index in [-0.39, 0.29) is 0 Å². The number of aryl methyl sites for hydroxylation is 2. The summed E-state index contributed by atoms with van der Waals surface area (Å²) in [5, 5.41) is 0. The minimum atomic E-state index is -3.28. The van der Waals surface area contributed by atoms with E-state index >= 15 is 0 Å². The van der Waals surface area contributed by atoms with E-state index in [2.05, 4.69) is 33.7 Å². The van der Waals surface area contributed by atoms with Crippen molar-refractivity contribution in [2.24, 2.45) is 0 Å². The number of nitrogens with one attached hydrogen (secondary N) is 1. The predicted molar refractivity (Wildman–Crippen MR) is 103 cm³/mol. The second kappa shape index (κ2) is 7.25. The summed E-state index contributed by atoms with van der Waals surface area (Å²) >= 11 is 0. The summed E-state index contributed by atoms with van der Waals surface area (Å²) in [6, 6.07) is 7.86. The molecule has 2 aromatic rings. The molecular formula is C19H25N3O3S. The Balaban J connectivity index is 1.83. The van der Waals surface area contributed by atoms with Crippen LogP contribution in [-0.4, -0.2) is 38.2 Å². The van der Waals surface area contributed by atoms with Crippen LogP contribution in [0.3, 0.4) is 0 Å². The second-order valence-corrected chi connectivity index (χ2v) is 8.59. The third kappa shape index (κ3) is 4.16. The van der Waals surface area contributed by atoms with Gasteiger partial charge < -0.3 is 4.74 Å². The molecule has 140 valence electrons. The first-order valence-electron chi connectivity index (χ1n) is 8.59. The first kappa shape index (κ1) is 18.7. The van der Waals surface area contributed by atoms with Crippen molar-refractivity contribution in [1.29, 1.82) is 0 Å². The van der Waals surface area contributed by atoms with E-state index in [1.807, 2.05) is 19.1 Å². The van der Waals surface area contributed by atoms with Crippen LogP contribution in [0.2, 0.25) is 0 Å². The zero-order valence-electron chi connectivity index (χ0n) is 15.7. The highest BCUT2D eigenvalue weighted by Gasteiger charge is 2.22. The average molecular weight is 375 g/mol. The van der Waals surface area contributed by atoms with E-state index in [0.29, 0.717) is 11.6 Å². The molecule has 1 aliphatic heterocycles. The molecule has 3 rings (SSSR count). The van der Waals surface area contributed by atoms with Gasteiger partial charge in [0.25, 0.3) is 0 Å². The van der Waals surface area contributed by atoms with Crippen molar-refractivity contribution in [3.05, 3.63) is 52.2 Å². The minimum Gasteiger partial charge on any atom is -0.481 e. The Morgan fingerprint density at radius 2 is 2.08 bits per heavy atom. The Bertz CT molecular complexity index is 926. The van der Waals surface area contributed by atoms with Crippen LogP contribution in [-0.2, 0) is 29.5 Å². The van der Waals surface area contributed by atoms with Gasteiger partial charge in [0.2, 0.25) is 15.9 Å². The molecule has 0 saturated heterocycles. The van der Waals surface area contributed by atoms with Gasteiger partial charge in [-0.05, 0) is 49.1 Å². The summed E-state index contributed by atoms with van der Waals surface area (Å²) in [5.74, 6) is 0.681. The summed E-state index contributed by atoms with van der Waals surface area (Å²) in [6.45, 7) is 6.42. The number of aromatic nitrogens is 1. The molecule has 1 N–H and O–H groups in total. The Hall–Kier alpha value is -2.12. The number of benzene rings is 1. The molecule has 0 bridgehead atoms. The zero-order valence-corrected chi connectivity index (χ0v) is 16.5. The normalized spacial score (nSPS) is 14.8. The largest absolute Gasteiger partial charge is 0.481 e. The summed E-state index contributed by atoms with van der Waals surface area (Å²) in [4.78, 5) is 6.83. The van der Waals surface area contributed by atoms with Crippen LogP contribution in [0.15, 0.2) is 24.3 Å². The number of nitrogens with zero attached hydrogens (tertiary/aromatic N) is 2. The molecule has 1 aliphatic rings. The van der Waals surface area contributed by atoms with Gasteiger partial charge in [-0.15, -0.1) is 0 Å². The maximum Gasteiger partial charge on any atom is 0.229 e. The van der Waals surface area contributed by atoms with Crippen molar-refractivity contribution in [2.45, 2.75) is 33.4 Å². The van der Waals surface area contributed by atoms with Crippen molar-refractivity contribution in [3.8, 4) is 5.88 Å². The third-order valence-corrected chi connectivity index (χ3v) is 5.24. The summed E-state index contributed by atoms with van der Waals surface area (Å²) in [7, 11) is -1.63. The van der Waals surface area contributed by atoms with E-state index in [1.165, 1.54) is 11.8 Å². The molecule has 0 saturated carbocycles. The van der Waals surface area contributed by atoms with Crippen molar-refractivity contribution in [1.82, 2.24) is 9.88 Å². The van der Waals surface area contributed by atoms with Gasteiger partial charge >= 0.3 is 0 Å². The third-order valence-electron chi connectivity index (χ3n) is 4.65. The molecule has 6 nitrogen and oxygen atoms in total. The quantitative estimate of drug-likeness (QED) is 0.870. The van der Waals surface area contributed by atoms with E-state index in [4.69, 9.17) is 4.74 Å². The highest BCUT2D eigenvalue weighted by Crippen LogP contribution is 2.29. The monoisotopic (exact) mass is 375 g/mol. The first-order chi connectivity index (χ1) is 12.3. The lowest BCUT2D eigenvalue weighted by Gasteiger charge is -2.30. The lowest BCUT2D eigenvalue weighted by atomic mass is 9.97. The van der Waals surface area contributed by atoms with Gasteiger partial charge in [-0.3, -0.25) is 9.62 Å². The number of fused-ring (bicyclic) bond motifs is 1. The van der Waals surface area contributed by atoms with Crippen LogP contribution in [0, 0.1) is 13.8 Å². The first-order valence-corrected chi connectivity index (χ1v) is 10.5. The zero-order chi connectivity index (χ0) is 18.9. The van der Waals surface area contributed by atoms with Crippen molar-refractivity contribution < 1.29 is 13.2 Å². The van der Waals surface area contributed by atoms with Crippen LogP contribution >= 0.6 is 0 Å². The van der Waals surface area contributed by atoms with Crippen LogP contribution < -0.4 is 9.46 Å². The molecule has 0 atom stereocenters. The number of pyridine rings is 1. The summed E-state index contributed by atoms with van der Waals surface area (Å²) in [6.07, 6.45) is 1.98. The molecule has 0 radical (unpaired) electrons. The van der Waals surface area contributed by atoms with Gasteiger partial charge in [-0.1, -0.05) is 12.1 Å². The molecule has 0 fully saturated rings. The van der Waals surface area contributed by atoms with Crippen LogP contribution in [0.1, 0.15) is 27.9 Å². The standard InChI is InChI=1S/C19H25N3O3S/c1-13-10-14(2)20-19(25-3)17(13)12-22-9-8-16-15(11-22)6-5-7-18(16)21-26(4,23)24/h5-7,10,21H,8-9,11-12H2,1-4H3. The highest BCUT2D eigenvalue weighted by molar-refractivity contribution is 7.92. The van der Waals surface area contributed by atoms with Gasteiger partial charge in [0, 0.05) is 30.9 Å². The number of hydrogen-bond donors (Lipinski definition) is 1. The molecule has 0 spiro atoms. The maximum absolute atomic E-state index is 11.6. The van der Waals surface area contributed by atoms with Gasteiger partial charge in [-0.25, -0.2) is 13.4 Å². The Kier molecular flexibility index (Phi) is 5.20. The van der Waals surface area contributed by atoms with E-state index in [9.17, 15) is 8.42 Å². The van der Waals surface area contributed by atoms with Gasteiger partial charge in [0.1, 0.15) is 0 Å². The lowest BCUT2D eigenvalue weighted by Crippen LogP contribution is -2.31. The molecule has 1 aromatic heterocycles. The Morgan fingerprint density at radius 1 is 1.31 bits per heavy atom. The number of sulfonamides is 1. The molecular weight excluding hydrogens is 350 g/mol. The Labute approximate surface area is 155 Å². The predicted octanol–water partition coefficient (Wildman–Crippen LogP) is 2.64. The summed E-state index contributed by atoms with van der Waals surface area (Å²) < 4.78 is 31.3. The number of hydrogen-bond acceptors (Lipinski definition) is 5. The van der Waals surface area contributed by atoms with Crippen LogP contribution in [0.5, 0.6) is 5.88 Å². The lowest BCUT2D eigenvalue weighted by molar-refractivity contribution is 0.240. The fourth-order valence-electron chi connectivity index (χ4n) is 3.51. The highest BCUT2D eigenvalue weighted by atomic mass is 32.2. The van der Waals surface area contributed by atoms with Crippen LogP contribution in [0.4, 0.5) is 5.69 Å². The fourth-order valence-corrected chi connectivity index (χ4v) is 4.10. The van der Waals surface area contributed by atoms with E-state index in [0.717, 1.165) is 48.4 Å². The number of anilines is 1. The van der Waals surface area contributed by atoms with Crippen molar-refractivity contribution >= 4 is 15.7 Å².